The molecule has 2 atom stereocenters. The van der Waals surface area contributed by atoms with Crippen LogP contribution in [0.4, 0.5) is 0 Å². The Morgan fingerprint density at radius 2 is 2.00 bits per heavy atom. The summed E-state index contributed by atoms with van der Waals surface area (Å²) in [4.78, 5) is 0. The Labute approximate surface area is 93.8 Å². The van der Waals surface area contributed by atoms with E-state index in [9.17, 15) is 0 Å². The first kappa shape index (κ1) is 11.4. The van der Waals surface area contributed by atoms with Crippen molar-refractivity contribution in [3.63, 3.8) is 0 Å². The second-order valence-electron chi connectivity index (χ2n) is 5.13. The summed E-state index contributed by atoms with van der Waals surface area (Å²) in [5.74, 6) is 0. The summed E-state index contributed by atoms with van der Waals surface area (Å²) < 4.78 is 5.89. The SMILES string of the molecule is CCCNC1CC(OCC)C12CCCC2. The first-order chi connectivity index (χ1) is 7.33. The fraction of sp³-hybridized carbons (Fsp3) is 1.00. The molecule has 1 N–H and O–H groups in total. The Hall–Kier alpha value is -0.0800. The Balaban J connectivity index is 1.92. The lowest BCUT2D eigenvalue weighted by Gasteiger charge is -2.54. The molecule has 2 nitrogen and oxygen atoms in total. The van der Waals surface area contributed by atoms with Gasteiger partial charge in [0.15, 0.2) is 0 Å². The molecular weight excluding hydrogens is 186 g/mol. The van der Waals surface area contributed by atoms with Crippen LogP contribution in [0.1, 0.15) is 52.4 Å². The van der Waals surface area contributed by atoms with Crippen molar-refractivity contribution < 1.29 is 4.74 Å². The molecule has 0 aliphatic heterocycles. The minimum absolute atomic E-state index is 0.519. The third-order valence-electron chi connectivity index (χ3n) is 4.33. The van der Waals surface area contributed by atoms with Crippen molar-refractivity contribution in [2.24, 2.45) is 5.41 Å². The van der Waals surface area contributed by atoms with Gasteiger partial charge in [0.25, 0.3) is 0 Å². The summed E-state index contributed by atoms with van der Waals surface area (Å²) in [5.41, 5.74) is 0.519. The van der Waals surface area contributed by atoms with Crippen molar-refractivity contribution in [2.45, 2.75) is 64.5 Å². The largest absolute Gasteiger partial charge is 0.378 e. The molecule has 0 amide bonds. The van der Waals surface area contributed by atoms with Gasteiger partial charge in [-0.1, -0.05) is 19.8 Å². The normalized spacial score (nSPS) is 33.2. The summed E-state index contributed by atoms with van der Waals surface area (Å²) in [7, 11) is 0. The zero-order valence-corrected chi connectivity index (χ0v) is 10.2. The summed E-state index contributed by atoms with van der Waals surface area (Å²) in [5, 5.41) is 3.71. The molecule has 15 heavy (non-hydrogen) atoms. The van der Waals surface area contributed by atoms with Gasteiger partial charge in [0.1, 0.15) is 0 Å². The highest BCUT2D eigenvalue weighted by Gasteiger charge is 2.56. The molecule has 0 saturated heterocycles. The van der Waals surface area contributed by atoms with Gasteiger partial charge in [0, 0.05) is 18.1 Å². The lowest BCUT2D eigenvalue weighted by Crippen LogP contribution is -2.62. The van der Waals surface area contributed by atoms with E-state index in [1.165, 1.54) is 45.1 Å². The van der Waals surface area contributed by atoms with Crippen LogP contribution in [0.3, 0.4) is 0 Å². The third kappa shape index (κ3) is 1.94. The molecule has 2 saturated carbocycles. The quantitative estimate of drug-likeness (QED) is 0.755. The number of rotatable bonds is 5. The number of ether oxygens (including phenoxy) is 1. The van der Waals surface area contributed by atoms with E-state index in [1.54, 1.807) is 0 Å². The predicted octanol–water partition coefficient (Wildman–Crippen LogP) is 2.72. The van der Waals surface area contributed by atoms with Gasteiger partial charge in [-0.25, -0.2) is 0 Å². The van der Waals surface area contributed by atoms with Crippen LogP contribution in [0.15, 0.2) is 0 Å². The molecule has 0 aromatic carbocycles. The topological polar surface area (TPSA) is 21.3 Å². The highest BCUT2D eigenvalue weighted by molar-refractivity contribution is 5.09. The van der Waals surface area contributed by atoms with Crippen LogP contribution in [0.2, 0.25) is 0 Å². The van der Waals surface area contributed by atoms with E-state index in [0.717, 1.165) is 12.6 Å². The maximum Gasteiger partial charge on any atom is 0.0661 e. The van der Waals surface area contributed by atoms with E-state index in [1.807, 2.05) is 0 Å². The Morgan fingerprint density at radius 3 is 2.60 bits per heavy atom. The van der Waals surface area contributed by atoms with Crippen LogP contribution in [0.25, 0.3) is 0 Å². The fourth-order valence-corrected chi connectivity index (χ4v) is 3.49. The van der Waals surface area contributed by atoms with Gasteiger partial charge < -0.3 is 10.1 Å². The summed E-state index contributed by atoms with van der Waals surface area (Å²) in [6.07, 6.45) is 8.64. The van der Waals surface area contributed by atoms with Crippen molar-refractivity contribution in [2.75, 3.05) is 13.2 Å². The van der Waals surface area contributed by atoms with Crippen molar-refractivity contribution >= 4 is 0 Å². The molecule has 0 radical (unpaired) electrons. The molecule has 0 aromatic rings. The van der Waals surface area contributed by atoms with E-state index in [4.69, 9.17) is 4.74 Å². The second-order valence-corrected chi connectivity index (χ2v) is 5.13. The van der Waals surface area contributed by atoms with Crippen molar-refractivity contribution in [1.29, 1.82) is 0 Å². The van der Waals surface area contributed by atoms with Crippen LogP contribution >= 0.6 is 0 Å². The van der Waals surface area contributed by atoms with Gasteiger partial charge in [-0.15, -0.1) is 0 Å². The van der Waals surface area contributed by atoms with E-state index in [2.05, 4.69) is 19.2 Å². The van der Waals surface area contributed by atoms with E-state index in [-0.39, 0.29) is 0 Å². The fourth-order valence-electron chi connectivity index (χ4n) is 3.49. The Morgan fingerprint density at radius 1 is 1.27 bits per heavy atom. The van der Waals surface area contributed by atoms with E-state index in [0.29, 0.717) is 11.5 Å². The molecule has 0 bridgehead atoms. The van der Waals surface area contributed by atoms with Crippen LogP contribution in [-0.2, 0) is 4.74 Å². The number of hydrogen-bond acceptors (Lipinski definition) is 2. The minimum atomic E-state index is 0.519. The molecule has 2 heteroatoms. The molecule has 2 unspecified atom stereocenters. The molecule has 0 aromatic heterocycles. The van der Waals surface area contributed by atoms with Crippen molar-refractivity contribution in [3.8, 4) is 0 Å². The maximum atomic E-state index is 5.89. The molecule has 1 spiro atoms. The molecular formula is C13H25NO. The standard InChI is InChI=1S/C13H25NO/c1-3-9-14-11-10-12(15-4-2)13(11)7-5-6-8-13/h11-12,14H,3-10H2,1-2H3. The van der Waals surface area contributed by atoms with Gasteiger partial charge >= 0.3 is 0 Å². The monoisotopic (exact) mass is 211 g/mol. The molecule has 2 fully saturated rings. The van der Waals surface area contributed by atoms with Gasteiger partial charge in [-0.3, -0.25) is 0 Å². The van der Waals surface area contributed by atoms with Crippen LogP contribution in [-0.4, -0.2) is 25.3 Å². The average Bonchev–Trinajstić information content (AvgIpc) is 2.74. The van der Waals surface area contributed by atoms with E-state index >= 15 is 0 Å². The van der Waals surface area contributed by atoms with Gasteiger partial charge in [-0.05, 0) is 39.2 Å². The van der Waals surface area contributed by atoms with Gasteiger partial charge in [-0.2, -0.15) is 0 Å². The first-order valence-corrected chi connectivity index (χ1v) is 6.68. The average molecular weight is 211 g/mol. The maximum absolute atomic E-state index is 5.89. The number of nitrogens with one attached hydrogen (secondary N) is 1. The minimum Gasteiger partial charge on any atom is -0.378 e. The zero-order chi connectivity index (χ0) is 10.7. The smallest absolute Gasteiger partial charge is 0.0661 e. The molecule has 2 rings (SSSR count). The summed E-state index contributed by atoms with van der Waals surface area (Å²) >= 11 is 0. The number of hydrogen-bond donors (Lipinski definition) is 1. The predicted molar refractivity (Wildman–Crippen MR) is 63.0 cm³/mol. The first-order valence-electron chi connectivity index (χ1n) is 6.68. The van der Waals surface area contributed by atoms with E-state index < -0.39 is 0 Å². The molecule has 2 aliphatic carbocycles. The molecule has 2 aliphatic rings. The van der Waals surface area contributed by atoms with Gasteiger partial charge in [0.05, 0.1) is 6.10 Å². The molecule has 88 valence electrons. The summed E-state index contributed by atoms with van der Waals surface area (Å²) in [6, 6.07) is 0.747. The highest BCUT2D eigenvalue weighted by Crippen LogP contribution is 2.54. The van der Waals surface area contributed by atoms with Crippen LogP contribution in [0.5, 0.6) is 0 Å². The molecule has 0 heterocycles. The lowest BCUT2D eigenvalue weighted by atomic mass is 9.60. The Kier molecular flexibility index (Phi) is 3.68. The van der Waals surface area contributed by atoms with Crippen molar-refractivity contribution in [3.05, 3.63) is 0 Å². The van der Waals surface area contributed by atoms with Crippen molar-refractivity contribution in [1.82, 2.24) is 5.32 Å². The zero-order valence-electron chi connectivity index (χ0n) is 10.2. The Bertz CT molecular complexity index is 199. The third-order valence-corrected chi connectivity index (χ3v) is 4.33. The lowest BCUT2D eigenvalue weighted by molar-refractivity contribution is -0.130. The van der Waals surface area contributed by atoms with Crippen LogP contribution in [0, 0.1) is 5.41 Å². The van der Waals surface area contributed by atoms with Crippen LogP contribution < -0.4 is 5.32 Å². The van der Waals surface area contributed by atoms with Gasteiger partial charge in [0.2, 0.25) is 0 Å². The second kappa shape index (κ2) is 4.84. The summed E-state index contributed by atoms with van der Waals surface area (Å²) in [6.45, 7) is 6.42. The highest BCUT2D eigenvalue weighted by atomic mass is 16.5.